The summed E-state index contributed by atoms with van der Waals surface area (Å²) in [5.41, 5.74) is 0. The molecule has 128 valence electrons. The first-order valence-corrected chi connectivity index (χ1v) is 8.63. The molecule has 2 atom stereocenters. The fourth-order valence-electron chi connectivity index (χ4n) is 1.95. The lowest BCUT2D eigenvalue weighted by Crippen LogP contribution is -2.46. The van der Waals surface area contributed by atoms with E-state index in [9.17, 15) is 5.11 Å². The predicted molar refractivity (Wildman–Crippen MR) is 92.7 cm³/mol. The lowest BCUT2D eigenvalue weighted by molar-refractivity contribution is 0.254. The lowest BCUT2D eigenvalue weighted by Gasteiger charge is -2.30. The highest BCUT2D eigenvalue weighted by Crippen LogP contribution is 2.23. The fraction of sp³-hybridized carbons (Fsp3) is 0.867. The van der Waals surface area contributed by atoms with Crippen LogP contribution in [0.4, 0.5) is 0 Å². The van der Waals surface area contributed by atoms with Gasteiger partial charge in [0.2, 0.25) is 11.8 Å². The van der Waals surface area contributed by atoms with Crippen LogP contribution < -0.4 is 4.72 Å². The van der Waals surface area contributed by atoms with E-state index < -0.39 is 0 Å². The molecule has 0 saturated heterocycles. The second kappa shape index (κ2) is 9.37. The van der Waals surface area contributed by atoms with Crippen molar-refractivity contribution in [3.8, 4) is 0 Å². The average Bonchev–Trinajstić information content (AvgIpc) is 2.45. The summed E-state index contributed by atoms with van der Waals surface area (Å²) in [6.07, 6.45) is 0.572. The minimum atomic E-state index is -0.266. The zero-order valence-corrected chi connectivity index (χ0v) is 15.1. The van der Waals surface area contributed by atoms with E-state index in [1.807, 2.05) is 13.8 Å². The van der Waals surface area contributed by atoms with E-state index in [0.717, 1.165) is 0 Å². The van der Waals surface area contributed by atoms with Crippen LogP contribution in [-0.2, 0) is 9.47 Å². The van der Waals surface area contributed by atoms with Gasteiger partial charge in [-0.2, -0.15) is 0 Å². The highest BCUT2D eigenvalue weighted by atomic mass is 32.2. The number of aliphatic hydroxyl groups excluding tert-OH is 1. The van der Waals surface area contributed by atoms with Crippen LogP contribution in [0.2, 0.25) is 0 Å². The number of nitrogens with zero attached hydrogens (tertiary/aromatic N) is 2. The highest BCUT2D eigenvalue weighted by molar-refractivity contribution is 7.98. The van der Waals surface area contributed by atoms with E-state index in [-0.39, 0.29) is 23.4 Å². The largest absolute Gasteiger partial charge is 0.480 e. The molecule has 2 unspecified atom stereocenters. The van der Waals surface area contributed by atoms with Crippen molar-refractivity contribution < 1.29 is 14.6 Å². The Kier molecular flexibility index (Phi) is 8.20. The van der Waals surface area contributed by atoms with Gasteiger partial charge in [-0.15, -0.1) is 0 Å². The van der Waals surface area contributed by atoms with E-state index in [0.29, 0.717) is 38.0 Å². The first kappa shape index (κ1) is 19.3. The van der Waals surface area contributed by atoms with E-state index in [1.165, 1.54) is 0 Å². The molecule has 0 aromatic carbocycles. The zero-order chi connectivity index (χ0) is 16.6. The Morgan fingerprint density at radius 3 is 2.55 bits per heavy atom. The standard InChI is InChI=1S/C15H29N3O3S/c1-6-20-12-10-16-14(21-7-2)13(17-12)11(8-9-19)18-22-15(3,4)5/h11,13,18-19H,6-10H2,1-5H3. The summed E-state index contributed by atoms with van der Waals surface area (Å²) in [7, 11) is 0. The molecule has 1 heterocycles. The molecule has 1 aliphatic heterocycles. The molecule has 0 amide bonds. The summed E-state index contributed by atoms with van der Waals surface area (Å²) in [4.78, 5) is 9.10. The third-order valence-electron chi connectivity index (χ3n) is 2.85. The van der Waals surface area contributed by atoms with E-state index in [1.54, 1.807) is 11.9 Å². The number of aliphatic hydroxyl groups is 1. The van der Waals surface area contributed by atoms with Gasteiger partial charge in [0.1, 0.15) is 12.6 Å². The summed E-state index contributed by atoms with van der Waals surface area (Å²) in [5.74, 6) is 1.24. The van der Waals surface area contributed by atoms with Gasteiger partial charge in [-0.05, 0) is 41.0 Å². The Balaban J connectivity index is 2.88. The maximum absolute atomic E-state index is 9.37. The van der Waals surface area contributed by atoms with Crippen LogP contribution in [0.15, 0.2) is 9.98 Å². The summed E-state index contributed by atoms with van der Waals surface area (Å²) in [6, 6.07) is -0.326. The van der Waals surface area contributed by atoms with Crippen molar-refractivity contribution in [3.05, 3.63) is 0 Å². The number of nitrogens with one attached hydrogen (secondary N) is 1. The number of aliphatic imine (C=N–C) groups is 2. The van der Waals surface area contributed by atoms with Crippen molar-refractivity contribution in [2.75, 3.05) is 26.4 Å². The molecule has 2 N–H and O–H groups in total. The molecule has 6 nitrogen and oxygen atoms in total. The van der Waals surface area contributed by atoms with Crippen LogP contribution in [0.5, 0.6) is 0 Å². The first-order chi connectivity index (χ1) is 10.4. The van der Waals surface area contributed by atoms with Gasteiger partial charge in [-0.1, -0.05) is 11.9 Å². The van der Waals surface area contributed by atoms with Gasteiger partial charge in [0, 0.05) is 11.4 Å². The van der Waals surface area contributed by atoms with Crippen molar-refractivity contribution in [2.24, 2.45) is 9.98 Å². The van der Waals surface area contributed by atoms with Gasteiger partial charge in [-0.3, -0.25) is 4.72 Å². The van der Waals surface area contributed by atoms with Gasteiger partial charge in [0.15, 0.2) is 0 Å². The summed E-state index contributed by atoms with van der Waals surface area (Å²) in [5, 5.41) is 9.37. The summed E-state index contributed by atoms with van der Waals surface area (Å²) >= 11 is 1.63. The first-order valence-electron chi connectivity index (χ1n) is 7.82. The zero-order valence-electron chi connectivity index (χ0n) is 14.3. The van der Waals surface area contributed by atoms with Gasteiger partial charge >= 0.3 is 0 Å². The number of hydrogen-bond acceptors (Lipinski definition) is 7. The Labute approximate surface area is 137 Å². The number of hydrogen-bond donors (Lipinski definition) is 2. The topological polar surface area (TPSA) is 75.4 Å². The normalized spacial score (nSPS) is 20.2. The van der Waals surface area contributed by atoms with Crippen molar-refractivity contribution in [1.82, 2.24) is 4.72 Å². The van der Waals surface area contributed by atoms with Gasteiger partial charge < -0.3 is 14.6 Å². The second-order valence-electron chi connectivity index (χ2n) is 5.94. The van der Waals surface area contributed by atoms with Crippen LogP contribution in [-0.4, -0.2) is 60.1 Å². The highest BCUT2D eigenvalue weighted by Gasteiger charge is 2.31. The molecular weight excluding hydrogens is 302 g/mol. The molecular formula is C15H29N3O3S. The number of rotatable bonds is 7. The molecule has 1 aliphatic rings. The maximum atomic E-state index is 9.37. The Bertz CT molecular complexity index is 394. The molecule has 7 heteroatoms. The van der Waals surface area contributed by atoms with E-state index in [2.05, 4.69) is 35.5 Å². The molecule has 0 aliphatic carbocycles. The predicted octanol–water partition coefficient (Wildman–Crippen LogP) is 2.03. The van der Waals surface area contributed by atoms with Crippen molar-refractivity contribution in [1.29, 1.82) is 0 Å². The minimum Gasteiger partial charge on any atom is -0.480 e. The minimum absolute atomic E-state index is 0.0599. The van der Waals surface area contributed by atoms with Crippen LogP contribution in [0.25, 0.3) is 0 Å². The quantitative estimate of drug-likeness (QED) is 0.698. The molecule has 0 bridgehead atoms. The van der Waals surface area contributed by atoms with Crippen molar-refractivity contribution in [3.63, 3.8) is 0 Å². The van der Waals surface area contributed by atoms with Crippen LogP contribution in [0.1, 0.15) is 41.0 Å². The molecule has 22 heavy (non-hydrogen) atoms. The molecule has 0 radical (unpaired) electrons. The number of ether oxygens (including phenoxy) is 2. The summed E-state index contributed by atoms with van der Waals surface area (Å²) < 4.78 is 14.6. The Morgan fingerprint density at radius 2 is 2.00 bits per heavy atom. The molecule has 0 aromatic rings. The lowest BCUT2D eigenvalue weighted by atomic mass is 10.1. The van der Waals surface area contributed by atoms with Gasteiger partial charge in [0.05, 0.1) is 19.3 Å². The third kappa shape index (κ3) is 6.54. The monoisotopic (exact) mass is 331 g/mol. The average molecular weight is 331 g/mol. The molecule has 1 rings (SSSR count). The van der Waals surface area contributed by atoms with Crippen molar-refractivity contribution in [2.45, 2.75) is 57.9 Å². The molecule has 0 fully saturated rings. The van der Waals surface area contributed by atoms with Crippen LogP contribution >= 0.6 is 11.9 Å². The van der Waals surface area contributed by atoms with Crippen LogP contribution in [0.3, 0.4) is 0 Å². The second-order valence-corrected chi connectivity index (χ2v) is 7.60. The smallest absolute Gasteiger partial charge is 0.211 e. The Morgan fingerprint density at radius 1 is 1.32 bits per heavy atom. The van der Waals surface area contributed by atoms with E-state index >= 15 is 0 Å². The molecule has 0 aromatic heterocycles. The molecule has 0 spiro atoms. The fourth-order valence-corrected chi connectivity index (χ4v) is 2.71. The van der Waals surface area contributed by atoms with Gasteiger partial charge in [-0.25, -0.2) is 9.98 Å². The maximum Gasteiger partial charge on any atom is 0.211 e. The SMILES string of the molecule is CCOC1=NC(C(CCO)NSC(C)(C)C)C(OCC)=NC1. The summed E-state index contributed by atoms with van der Waals surface area (Å²) in [6.45, 7) is 11.9. The molecule has 0 saturated carbocycles. The Hall–Kier alpha value is -0.790. The van der Waals surface area contributed by atoms with Crippen molar-refractivity contribution >= 4 is 23.7 Å². The van der Waals surface area contributed by atoms with E-state index in [4.69, 9.17) is 9.47 Å². The van der Waals surface area contributed by atoms with Gasteiger partial charge in [0.25, 0.3) is 0 Å². The van der Waals surface area contributed by atoms with Crippen LogP contribution in [0, 0.1) is 0 Å². The third-order valence-corrected chi connectivity index (χ3v) is 3.88.